The number of carbonyl (C=O) groups excluding carboxylic acids is 2. The van der Waals surface area contributed by atoms with E-state index in [1.807, 2.05) is 6.07 Å². The number of aliphatic carboxylic acids is 1. The van der Waals surface area contributed by atoms with Crippen LogP contribution in [0.15, 0.2) is 97.3 Å². The first-order valence-corrected chi connectivity index (χ1v) is 27.6. The van der Waals surface area contributed by atoms with Gasteiger partial charge < -0.3 is 24.9 Å². The van der Waals surface area contributed by atoms with Crippen molar-refractivity contribution in [1.82, 2.24) is 20.4 Å². The Balaban J connectivity index is 0.000000329. The maximum atomic E-state index is 12.0. The van der Waals surface area contributed by atoms with Gasteiger partial charge in [0.1, 0.15) is 0 Å². The third-order valence-corrected chi connectivity index (χ3v) is 16.1. The summed E-state index contributed by atoms with van der Waals surface area (Å²) >= 11 is 0. The molecule has 6 aromatic rings. The van der Waals surface area contributed by atoms with Gasteiger partial charge in [0.2, 0.25) is 0 Å². The quantitative estimate of drug-likeness (QED) is 0.0525. The van der Waals surface area contributed by atoms with E-state index in [4.69, 9.17) is 4.74 Å². The standard InChI is InChI=1S/C34H46N2O3.C32H42N2O3.Na/c1-9-34(10-2,27-14-12-26(23(4)18-27)13-17-31(37)33(6,7)8)28-15-16-29(24(5)19-28)30-20-25(22-35-36-30)21-32(38)39-11-3;1-8-32(9-2,25-12-10-24(21(3)16-25)11-15-29(35)31(5,6)7)26-13-14-27(22(4)17-26)28-18-23(19-30(36)37)20-33-34-28;/h12,14-16,18-20,22,31,37H,9-11,13,17,21H2,1-8H3;10,12-14,16-18,20,29,35H,8-9,11,15,19H2,1-7H3,(H,36,37);/q;;+1/p-1. The largest absolute Gasteiger partial charge is 1.00 e. The molecule has 0 saturated carbocycles. The van der Waals surface area contributed by atoms with E-state index in [1.165, 1.54) is 50.7 Å². The van der Waals surface area contributed by atoms with Crippen LogP contribution in [-0.4, -0.2) is 61.4 Å². The molecule has 0 saturated heterocycles. The Morgan fingerprint density at radius 2 is 0.883 bits per heavy atom. The number of aromatic nitrogens is 4. The Morgan fingerprint density at radius 3 is 1.19 bits per heavy atom. The van der Waals surface area contributed by atoms with E-state index in [0.29, 0.717) is 17.9 Å². The number of carboxylic acids is 1. The zero-order valence-electron chi connectivity index (χ0n) is 49.5. The molecule has 2 aromatic heterocycles. The van der Waals surface area contributed by atoms with Crippen LogP contribution in [0.25, 0.3) is 22.5 Å². The van der Waals surface area contributed by atoms with Gasteiger partial charge in [0, 0.05) is 34.3 Å². The number of esters is 1. The van der Waals surface area contributed by atoms with Crippen LogP contribution >= 0.6 is 0 Å². The summed E-state index contributed by atoms with van der Waals surface area (Å²) in [6, 6.07) is 30.5. The number of aliphatic hydroxyl groups is 2. The van der Waals surface area contributed by atoms with Crippen molar-refractivity contribution < 1.29 is 59.2 Å². The Kier molecular flexibility index (Phi) is 23.6. The molecular weight excluding hydrogens is 968 g/mol. The number of carboxylic acid groups (broad SMARTS) is 1. The van der Waals surface area contributed by atoms with Crippen molar-refractivity contribution in [1.29, 1.82) is 0 Å². The summed E-state index contributed by atoms with van der Waals surface area (Å²) in [4.78, 5) is 23.0. The van der Waals surface area contributed by atoms with E-state index in [-0.39, 0.29) is 82.2 Å². The van der Waals surface area contributed by atoms with Gasteiger partial charge in [0.15, 0.2) is 0 Å². The van der Waals surface area contributed by atoms with Crippen LogP contribution in [0.4, 0.5) is 0 Å². The average molecular weight is 1060 g/mol. The molecule has 0 amide bonds. The molecule has 408 valence electrons. The van der Waals surface area contributed by atoms with Gasteiger partial charge in [-0.05, 0) is 176 Å². The Bertz CT molecular complexity index is 2910. The smallest absolute Gasteiger partial charge is 0.550 e. The molecule has 2 atom stereocenters. The molecule has 0 radical (unpaired) electrons. The van der Waals surface area contributed by atoms with E-state index >= 15 is 0 Å². The van der Waals surface area contributed by atoms with Gasteiger partial charge in [-0.25, -0.2) is 0 Å². The summed E-state index contributed by atoms with van der Waals surface area (Å²) in [7, 11) is 0. The molecule has 4 aromatic carbocycles. The van der Waals surface area contributed by atoms with E-state index in [9.17, 15) is 24.9 Å². The first-order chi connectivity index (χ1) is 35.9. The summed E-state index contributed by atoms with van der Waals surface area (Å²) < 4.78 is 5.09. The number of hydrogen-bond donors (Lipinski definition) is 2. The molecule has 0 aliphatic carbocycles. The maximum Gasteiger partial charge on any atom is 1.00 e. The van der Waals surface area contributed by atoms with Crippen LogP contribution in [0.1, 0.15) is 181 Å². The summed E-state index contributed by atoms with van der Waals surface area (Å²) in [5.41, 5.74) is 16.8. The third-order valence-electron chi connectivity index (χ3n) is 16.1. The molecule has 2 unspecified atom stereocenters. The summed E-state index contributed by atoms with van der Waals surface area (Å²) in [6.07, 6.45) is 9.60. The van der Waals surface area contributed by atoms with Gasteiger partial charge >= 0.3 is 35.5 Å². The van der Waals surface area contributed by atoms with E-state index < -0.39 is 5.97 Å². The SMILES string of the molecule is CCC(CC)(c1ccc(CCC(O)C(C)(C)C)c(C)c1)c1ccc(-c2cc(CC(=O)[O-])cnn2)c(C)c1.CCOC(=O)Cc1cnnc(-c2ccc(C(CC)(CC)c3ccc(CCC(O)C(C)(C)C)c(C)c3)cc2C)c1.[Na+]. The first-order valence-electron chi connectivity index (χ1n) is 27.6. The molecule has 11 heteroatoms. The summed E-state index contributed by atoms with van der Waals surface area (Å²) in [6.45, 7) is 32.2. The number of aliphatic hydroxyl groups excluding tert-OH is 2. The zero-order chi connectivity index (χ0) is 56.2. The summed E-state index contributed by atoms with van der Waals surface area (Å²) in [5, 5.41) is 48.8. The van der Waals surface area contributed by atoms with Crippen molar-refractivity contribution in [3.63, 3.8) is 0 Å². The number of nitrogens with zero attached hydrogens (tertiary/aromatic N) is 4. The Labute approximate surface area is 483 Å². The fourth-order valence-corrected chi connectivity index (χ4v) is 10.8. The fourth-order valence-electron chi connectivity index (χ4n) is 10.8. The second-order valence-electron chi connectivity index (χ2n) is 23.2. The molecule has 2 heterocycles. The fraction of sp³-hybridized carbons (Fsp3) is 0.485. The van der Waals surface area contributed by atoms with Gasteiger partial charge in [0.25, 0.3) is 0 Å². The summed E-state index contributed by atoms with van der Waals surface area (Å²) in [5.74, 6) is -1.39. The van der Waals surface area contributed by atoms with Crippen molar-refractivity contribution in [2.45, 2.75) is 191 Å². The molecule has 0 fully saturated rings. The minimum Gasteiger partial charge on any atom is -0.550 e. The average Bonchev–Trinajstić information content (AvgIpc) is 3.38. The molecule has 10 nitrogen and oxygen atoms in total. The topological polar surface area (TPSA) is 158 Å². The van der Waals surface area contributed by atoms with Crippen LogP contribution in [0.3, 0.4) is 0 Å². The second-order valence-corrected chi connectivity index (χ2v) is 23.2. The predicted octanol–water partition coefficient (Wildman–Crippen LogP) is 9.81. The van der Waals surface area contributed by atoms with E-state index in [0.717, 1.165) is 84.9 Å². The number of ether oxygens (including phenoxy) is 1. The predicted molar refractivity (Wildman–Crippen MR) is 306 cm³/mol. The van der Waals surface area contributed by atoms with Crippen LogP contribution in [0.5, 0.6) is 0 Å². The van der Waals surface area contributed by atoms with Gasteiger partial charge in [-0.1, -0.05) is 142 Å². The number of hydrogen-bond acceptors (Lipinski definition) is 10. The van der Waals surface area contributed by atoms with Crippen LogP contribution in [0, 0.1) is 38.5 Å². The minimum absolute atomic E-state index is 0. The maximum absolute atomic E-state index is 12.0. The Hall–Kier alpha value is -5.10. The number of rotatable bonds is 21. The van der Waals surface area contributed by atoms with Gasteiger partial charge in [-0.2, -0.15) is 20.4 Å². The molecule has 77 heavy (non-hydrogen) atoms. The van der Waals surface area contributed by atoms with Crippen LogP contribution in [0.2, 0.25) is 0 Å². The van der Waals surface area contributed by atoms with Crippen molar-refractivity contribution in [2.24, 2.45) is 10.8 Å². The third kappa shape index (κ3) is 16.3. The second kappa shape index (κ2) is 28.2. The van der Waals surface area contributed by atoms with Gasteiger partial charge in [-0.3, -0.25) is 4.79 Å². The number of aryl methyl sites for hydroxylation is 6. The van der Waals surface area contributed by atoms with Crippen molar-refractivity contribution in [3.8, 4) is 22.5 Å². The van der Waals surface area contributed by atoms with Gasteiger partial charge in [0.05, 0.1) is 49.0 Å². The van der Waals surface area contributed by atoms with E-state index in [2.05, 4.69) is 190 Å². The van der Waals surface area contributed by atoms with E-state index in [1.54, 1.807) is 19.2 Å². The molecular formula is C66H87N4NaO6. The normalized spacial score (nSPS) is 12.7. The molecule has 0 bridgehead atoms. The number of carbonyl (C=O) groups is 2. The number of benzene rings is 4. The monoisotopic (exact) mass is 1050 g/mol. The molecule has 6 rings (SSSR count). The van der Waals surface area contributed by atoms with Crippen molar-refractivity contribution in [3.05, 3.63) is 164 Å². The Morgan fingerprint density at radius 1 is 0.532 bits per heavy atom. The van der Waals surface area contributed by atoms with Crippen molar-refractivity contribution in [2.75, 3.05) is 6.61 Å². The molecule has 0 aliphatic rings. The van der Waals surface area contributed by atoms with Crippen molar-refractivity contribution >= 4 is 11.9 Å². The van der Waals surface area contributed by atoms with Crippen LogP contribution in [-0.2, 0) is 50.8 Å². The minimum atomic E-state index is -1.13. The van der Waals surface area contributed by atoms with Crippen LogP contribution < -0.4 is 34.7 Å². The molecule has 0 spiro atoms. The van der Waals surface area contributed by atoms with Gasteiger partial charge in [-0.15, -0.1) is 0 Å². The zero-order valence-corrected chi connectivity index (χ0v) is 51.5. The molecule has 2 N–H and O–H groups in total. The molecule has 0 aliphatic heterocycles. The first kappa shape index (κ1) is 64.4.